The highest BCUT2D eigenvalue weighted by Gasteiger charge is 2.21. The lowest BCUT2D eigenvalue weighted by Crippen LogP contribution is -2.11. The summed E-state index contributed by atoms with van der Waals surface area (Å²) in [4.78, 5) is 9.86. The van der Waals surface area contributed by atoms with Crippen molar-refractivity contribution in [2.24, 2.45) is 4.99 Å². The third-order valence-corrected chi connectivity index (χ3v) is 6.78. The number of pyridine rings is 1. The van der Waals surface area contributed by atoms with Crippen LogP contribution < -0.4 is 0 Å². The van der Waals surface area contributed by atoms with E-state index < -0.39 is 0 Å². The molecule has 1 N–H and O–H groups in total. The Balaban J connectivity index is 1.82. The van der Waals surface area contributed by atoms with Crippen LogP contribution in [0, 0.1) is 0 Å². The van der Waals surface area contributed by atoms with E-state index in [-0.39, 0.29) is 11.2 Å². The maximum Gasteiger partial charge on any atom is 0.132 e. The second kappa shape index (κ2) is 10.7. The van der Waals surface area contributed by atoms with E-state index >= 15 is 0 Å². The summed E-state index contributed by atoms with van der Waals surface area (Å²) in [7, 11) is 0. The zero-order valence-corrected chi connectivity index (χ0v) is 23.1. The number of aromatic hydroxyl groups is 1. The molecule has 0 saturated carbocycles. The van der Waals surface area contributed by atoms with Crippen LogP contribution in [0.4, 0.5) is 5.69 Å². The minimum Gasteiger partial charge on any atom is -0.507 e. The molecule has 0 aliphatic carbocycles. The number of para-hydroxylation sites is 1. The first-order valence-electron chi connectivity index (χ1n) is 13.1. The lowest BCUT2D eigenvalue weighted by atomic mass is 9.83. The van der Waals surface area contributed by atoms with E-state index in [2.05, 4.69) is 78.8 Å². The predicted molar refractivity (Wildman–Crippen MR) is 157 cm³/mol. The van der Waals surface area contributed by atoms with Crippen molar-refractivity contribution in [2.75, 3.05) is 0 Å². The van der Waals surface area contributed by atoms with Crippen LogP contribution >= 0.6 is 0 Å². The fraction of sp³-hybridized carbons (Fsp3) is 0.294. The third kappa shape index (κ3) is 5.83. The zero-order valence-electron chi connectivity index (χ0n) is 23.1. The van der Waals surface area contributed by atoms with Crippen LogP contribution in [0.3, 0.4) is 0 Å². The van der Waals surface area contributed by atoms with Crippen molar-refractivity contribution in [3.8, 4) is 28.1 Å². The average Bonchev–Trinajstić information content (AvgIpc) is 2.87. The molecule has 4 aromatic rings. The summed E-state index contributed by atoms with van der Waals surface area (Å²) < 4.78 is 0. The lowest BCUT2D eigenvalue weighted by molar-refractivity contribution is 0.478. The van der Waals surface area contributed by atoms with Crippen molar-refractivity contribution >= 4 is 11.9 Å². The molecule has 1 aromatic heterocycles. The highest BCUT2D eigenvalue weighted by atomic mass is 16.3. The number of hydrogen-bond donors (Lipinski definition) is 1. The van der Waals surface area contributed by atoms with Crippen molar-refractivity contribution < 1.29 is 5.11 Å². The first-order chi connectivity index (χ1) is 17.6. The molecule has 3 nitrogen and oxygen atoms in total. The maximum absolute atomic E-state index is 11.4. The SMILES string of the molecule is CC(C)c1cccc(C(C)C)c1/N=C/c1cccc(-c2cc(C(C)(C)C)cc(-c3ccccc3)c2O)n1. The van der Waals surface area contributed by atoms with Crippen LogP contribution in [0.5, 0.6) is 5.75 Å². The maximum atomic E-state index is 11.4. The van der Waals surface area contributed by atoms with E-state index in [0.29, 0.717) is 11.8 Å². The molecule has 3 heteroatoms. The molecule has 0 spiro atoms. The summed E-state index contributed by atoms with van der Waals surface area (Å²) in [6.07, 6.45) is 1.85. The van der Waals surface area contributed by atoms with Gasteiger partial charge in [0.05, 0.1) is 23.3 Å². The van der Waals surface area contributed by atoms with Gasteiger partial charge in [-0.15, -0.1) is 0 Å². The summed E-state index contributed by atoms with van der Waals surface area (Å²) >= 11 is 0. The van der Waals surface area contributed by atoms with Gasteiger partial charge in [0.2, 0.25) is 0 Å². The second-order valence-electron chi connectivity index (χ2n) is 11.3. The molecule has 0 atom stereocenters. The Morgan fingerprint density at radius 1 is 0.757 bits per heavy atom. The molecule has 0 unspecified atom stereocenters. The van der Waals surface area contributed by atoms with E-state index in [1.807, 2.05) is 54.7 Å². The molecule has 0 saturated heterocycles. The van der Waals surface area contributed by atoms with Gasteiger partial charge in [0, 0.05) is 11.1 Å². The number of benzene rings is 3. The van der Waals surface area contributed by atoms with Crippen LogP contribution in [0.25, 0.3) is 22.4 Å². The third-order valence-electron chi connectivity index (χ3n) is 6.78. The summed E-state index contributed by atoms with van der Waals surface area (Å²) in [6, 6.07) is 26.5. The smallest absolute Gasteiger partial charge is 0.132 e. The van der Waals surface area contributed by atoms with Gasteiger partial charge in [-0.05, 0) is 63.8 Å². The van der Waals surface area contributed by atoms with Crippen molar-refractivity contribution in [1.29, 1.82) is 0 Å². The van der Waals surface area contributed by atoms with Crippen LogP contribution in [-0.2, 0) is 5.41 Å². The summed E-state index contributed by atoms with van der Waals surface area (Å²) in [5.41, 5.74) is 8.58. The molecule has 0 amide bonds. The van der Waals surface area contributed by atoms with Gasteiger partial charge < -0.3 is 5.11 Å². The van der Waals surface area contributed by atoms with Crippen molar-refractivity contribution in [3.05, 3.63) is 101 Å². The van der Waals surface area contributed by atoms with E-state index in [0.717, 1.165) is 39.3 Å². The Bertz CT molecular complexity index is 1380. The second-order valence-corrected chi connectivity index (χ2v) is 11.3. The van der Waals surface area contributed by atoms with E-state index in [9.17, 15) is 5.11 Å². The Morgan fingerprint density at radius 2 is 1.35 bits per heavy atom. The van der Waals surface area contributed by atoms with Gasteiger partial charge >= 0.3 is 0 Å². The van der Waals surface area contributed by atoms with Gasteiger partial charge in [-0.1, -0.05) is 103 Å². The van der Waals surface area contributed by atoms with Gasteiger partial charge in [0.15, 0.2) is 0 Å². The van der Waals surface area contributed by atoms with Crippen LogP contribution in [0.15, 0.2) is 83.9 Å². The Morgan fingerprint density at radius 3 is 1.95 bits per heavy atom. The Hall–Kier alpha value is -3.72. The van der Waals surface area contributed by atoms with Gasteiger partial charge in [-0.3, -0.25) is 4.99 Å². The fourth-order valence-corrected chi connectivity index (χ4v) is 4.57. The van der Waals surface area contributed by atoms with E-state index in [1.165, 1.54) is 11.1 Å². The Labute approximate surface area is 222 Å². The van der Waals surface area contributed by atoms with Gasteiger partial charge in [0.1, 0.15) is 5.75 Å². The summed E-state index contributed by atoms with van der Waals surface area (Å²) in [6.45, 7) is 15.4. The first-order valence-corrected chi connectivity index (χ1v) is 13.1. The quantitative estimate of drug-likeness (QED) is 0.274. The highest BCUT2D eigenvalue weighted by Crippen LogP contribution is 2.41. The molecule has 3 aromatic carbocycles. The zero-order chi connectivity index (χ0) is 26.7. The molecule has 0 fully saturated rings. The predicted octanol–water partition coefficient (Wildman–Crippen LogP) is 9.42. The van der Waals surface area contributed by atoms with Crippen molar-refractivity contribution in [1.82, 2.24) is 4.98 Å². The molecule has 190 valence electrons. The van der Waals surface area contributed by atoms with Crippen LogP contribution in [0.1, 0.15) is 82.7 Å². The van der Waals surface area contributed by atoms with E-state index in [1.54, 1.807) is 0 Å². The van der Waals surface area contributed by atoms with Gasteiger partial charge in [-0.2, -0.15) is 0 Å². The summed E-state index contributed by atoms with van der Waals surface area (Å²) in [5.74, 6) is 0.991. The number of aliphatic imine (C=N–C) groups is 1. The van der Waals surface area contributed by atoms with Crippen molar-refractivity contribution in [2.45, 2.75) is 65.7 Å². The number of phenolic OH excluding ortho intramolecular Hbond substituents is 1. The lowest BCUT2D eigenvalue weighted by Gasteiger charge is -2.22. The molecule has 37 heavy (non-hydrogen) atoms. The number of nitrogens with zero attached hydrogens (tertiary/aromatic N) is 2. The number of aromatic nitrogens is 1. The number of rotatable bonds is 6. The molecular weight excluding hydrogens is 452 g/mol. The monoisotopic (exact) mass is 490 g/mol. The largest absolute Gasteiger partial charge is 0.507 e. The first kappa shape index (κ1) is 26.3. The molecule has 0 bridgehead atoms. The van der Waals surface area contributed by atoms with Crippen molar-refractivity contribution in [3.63, 3.8) is 0 Å². The van der Waals surface area contributed by atoms with Crippen LogP contribution in [-0.4, -0.2) is 16.3 Å². The molecule has 0 radical (unpaired) electrons. The normalized spacial score (nSPS) is 12.1. The average molecular weight is 491 g/mol. The summed E-state index contributed by atoms with van der Waals surface area (Å²) in [5, 5.41) is 11.4. The standard InChI is InChI=1S/C34H38N2O/c1-22(2)27-16-12-17-28(23(3)4)32(27)35-21-26-15-11-18-31(36-26)30-20-25(34(5,6)7)19-29(33(30)37)24-13-9-8-10-14-24/h8-23,37H,1-7H3/b35-21+. The van der Waals surface area contributed by atoms with Gasteiger partial charge in [-0.25, -0.2) is 4.98 Å². The fourth-order valence-electron chi connectivity index (χ4n) is 4.57. The minimum atomic E-state index is -0.0845. The molecule has 1 heterocycles. The number of phenols is 1. The molecule has 0 aliphatic heterocycles. The highest BCUT2D eigenvalue weighted by molar-refractivity contribution is 5.85. The Kier molecular flexibility index (Phi) is 7.63. The van der Waals surface area contributed by atoms with E-state index in [4.69, 9.17) is 9.98 Å². The van der Waals surface area contributed by atoms with Gasteiger partial charge in [0.25, 0.3) is 0 Å². The number of hydrogen-bond acceptors (Lipinski definition) is 3. The molecular formula is C34H38N2O. The molecule has 0 aliphatic rings. The molecule has 4 rings (SSSR count). The minimum absolute atomic E-state index is 0.0845. The van der Waals surface area contributed by atoms with Crippen LogP contribution in [0.2, 0.25) is 0 Å². The topological polar surface area (TPSA) is 45.5 Å².